The van der Waals surface area contributed by atoms with Crippen LogP contribution < -0.4 is 10.2 Å². The lowest BCUT2D eigenvalue weighted by Gasteiger charge is -2.36. The summed E-state index contributed by atoms with van der Waals surface area (Å²) >= 11 is 0. The molecular weight excluding hydrogens is 258 g/mol. The van der Waals surface area contributed by atoms with Crippen LogP contribution in [-0.2, 0) is 0 Å². The molecule has 0 spiro atoms. The van der Waals surface area contributed by atoms with Gasteiger partial charge in [-0.2, -0.15) is 0 Å². The van der Waals surface area contributed by atoms with E-state index in [1.807, 2.05) is 12.4 Å². The molecule has 2 heterocycles. The maximum Gasteiger partial charge on any atom is 0.0397 e. The lowest BCUT2D eigenvalue weighted by atomic mass is 9.80. The molecule has 21 heavy (non-hydrogen) atoms. The fourth-order valence-corrected chi connectivity index (χ4v) is 3.91. The molecule has 2 atom stereocenters. The van der Waals surface area contributed by atoms with Gasteiger partial charge < -0.3 is 10.2 Å². The van der Waals surface area contributed by atoms with Crippen LogP contribution in [0.2, 0.25) is 0 Å². The van der Waals surface area contributed by atoms with Gasteiger partial charge in [-0.05, 0) is 49.8 Å². The summed E-state index contributed by atoms with van der Waals surface area (Å²) in [6.45, 7) is 6.02. The zero-order valence-electron chi connectivity index (χ0n) is 13.3. The lowest BCUT2D eigenvalue weighted by molar-refractivity contribution is 0.235. The highest BCUT2D eigenvalue weighted by atomic mass is 15.1. The van der Waals surface area contributed by atoms with Crippen molar-refractivity contribution in [2.75, 3.05) is 24.5 Å². The van der Waals surface area contributed by atoms with E-state index in [1.165, 1.54) is 63.8 Å². The molecule has 3 heteroatoms. The fraction of sp³-hybridized carbons (Fsp3) is 0.722. The smallest absolute Gasteiger partial charge is 0.0397 e. The summed E-state index contributed by atoms with van der Waals surface area (Å²) in [6.07, 6.45) is 12.1. The Kier molecular flexibility index (Phi) is 5.13. The quantitative estimate of drug-likeness (QED) is 0.919. The van der Waals surface area contributed by atoms with Crippen molar-refractivity contribution in [3.63, 3.8) is 0 Å². The van der Waals surface area contributed by atoms with Crippen LogP contribution >= 0.6 is 0 Å². The predicted octanol–water partition coefficient (Wildman–Crippen LogP) is 3.47. The van der Waals surface area contributed by atoms with Gasteiger partial charge in [-0.15, -0.1) is 0 Å². The van der Waals surface area contributed by atoms with E-state index in [0.29, 0.717) is 0 Å². The molecule has 0 amide bonds. The number of hydrogen-bond acceptors (Lipinski definition) is 3. The second-order valence-corrected chi connectivity index (χ2v) is 6.90. The van der Waals surface area contributed by atoms with E-state index in [9.17, 15) is 0 Å². The number of nitrogens with zero attached hydrogens (tertiary/aromatic N) is 2. The zero-order valence-corrected chi connectivity index (χ0v) is 13.3. The van der Waals surface area contributed by atoms with E-state index >= 15 is 0 Å². The number of anilines is 1. The highest BCUT2D eigenvalue weighted by molar-refractivity contribution is 5.44. The zero-order chi connectivity index (χ0) is 14.5. The lowest BCUT2D eigenvalue weighted by Crippen LogP contribution is -2.44. The number of nitrogens with one attached hydrogen (secondary N) is 1. The first-order valence-electron chi connectivity index (χ1n) is 8.71. The van der Waals surface area contributed by atoms with Crippen molar-refractivity contribution in [3.05, 3.63) is 24.5 Å². The fourth-order valence-electron chi connectivity index (χ4n) is 3.91. The summed E-state index contributed by atoms with van der Waals surface area (Å²) in [4.78, 5) is 6.59. The Morgan fingerprint density at radius 1 is 1.10 bits per heavy atom. The number of aromatic nitrogens is 1. The average molecular weight is 287 g/mol. The third-order valence-corrected chi connectivity index (χ3v) is 5.48. The minimum Gasteiger partial charge on any atom is -0.371 e. The molecule has 1 aromatic rings. The number of piperidine rings is 1. The topological polar surface area (TPSA) is 28.2 Å². The summed E-state index contributed by atoms with van der Waals surface area (Å²) in [5.41, 5.74) is 1.32. The van der Waals surface area contributed by atoms with E-state index < -0.39 is 0 Å². The van der Waals surface area contributed by atoms with Gasteiger partial charge in [0.25, 0.3) is 0 Å². The van der Waals surface area contributed by atoms with Gasteiger partial charge in [0.15, 0.2) is 0 Å². The Bertz CT molecular complexity index is 412. The third kappa shape index (κ3) is 3.97. The highest BCUT2D eigenvalue weighted by Crippen LogP contribution is 2.29. The number of hydrogen-bond donors (Lipinski definition) is 1. The molecule has 3 nitrogen and oxygen atoms in total. The second-order valence-electron chi connectivity index (χ2n) is 6.90. The van der Waals surface area contributed by atoms with E-state index in [0.717, 1.165) is 17.9 Å². The molecule has 0 aromatic carbocycles. The van der Waals surface area contributed by atoms with Gasteiger partial charge in [-0.25, -0.2) is 0 Å². The van der Waals surface area contributed by atoms with Crippen LogP contribution in [0.3, 0.4) is 0 Å². The van der Waals surface area contributed by atoms with Crippen molar-refractivity contribution in [2.45, 2.75) is 51.5 Å². The van der Waals surface area contributed by atoms with Gasteiger partial charge in [0.2, 0.25) is 0 Å². The van der Waals surface area contributed by atoms with Gasteiger partial charge in [0, 0.05) is 37.2 Å². The van der Waals surface area contributed by atoms with E-state index in [2.05, 4.69) is 34.3 Å². The Hall–Kier alpha value is -1.09. The molecule has 1 saturated carbocycles. The molecule has 0 radical (unpaired) electrons. The van der Waals surface area contributed by atoms with Gasteiger partial charge in [-0.3, -0.25) is 4.98 Å². The Balaban J connectivity index is 1.41. The van der Waals surface area contributed by atoms with Gasteiger partial charge in [0.1, 0.15) is 0 Å². The van der Waals surface area contributed by atoms with Crippen molar-refractivity contribution >= 4 is 5.69 Å². The minimum absolute atomic E-state index is 0.720. The van der Waals surface area contributed by atoms with Crippen LogP contribution in [0.25, 0.3) is 0 Å². The first kappa shape index (κ1) is 14.8. The van der Waals surface area contributed by atoms with Crippen molar-refractivity contribution in [3.8, 4) is 0 Å². The normalized spacial score (nSPS) is 27.8. The van der Waals surface area contributed by atoms with Gasteiger partial charge in [0.05, 0.1) is 0 Å². The van der Waals surface area contributed by atoms with Crippen LogP contribution in [0.5, 0.6) is 0 Å². The van der Waals surface area contributed by atoms with Gasteiger partial charge in [-0.1, -0.05) is 26.2 Å². The van der Waals surface area contributed by atoms with E-state index in [1.54, 1.807) is 0 Å². The molecule has 2 aliphatic rings. The highest BCUT2D eigenvalue weighted by Gasteiger charge is 2.24. The molecule has 1 aliphatic heterocycles. The van der Waals surface area contributed by atoms with Gasteiger partial charge >= 0.3 is 0 Å². The van der Waals surface area contributed by atoms with Crippen molar-refractivity contribution in [2.24, 2.45) is 11.8 Å². The molecule has 1 N–H and O–H groups in total. The largest absolute Gasteiger partial charge is 0.371 e. The average Bonchev–Trinajstić information content (AvgIpc) is 2.55. The minimum atomic E-state index is 0.720. The molecule has 1 saturated heterocycles. The summed E-state index contributed by atoms with van der Waals surface area (Å²) in [7, 11) is 0. The van der Waals surface area contributed by atoms with Crippen LogP contribution in [0.4, 0.5) is 5.69 Å². The molecule has 3 rings (SSSR count). The van der Waals surface area contributed by atoms with Crippen LogP contribution in [0.1, 0.15) is 45.4 Å². The molecule has 2 fully saturated rings. The van der Waals surface area contributed by atoms with E-state index in [4.69, 9.17) is 0 Å². The van der Waals surface area contributed by atoms with Crippen LogP contribution in [0.15, 0.2) is 24.5 Å². The summed E-state index contributed by atoms with van der Waals surface area (Å²) in [6, 6.07) is 4.96. The molecule has 1 aromatic heterocycles. The standard InChI is InChI=1S/C18H29N3/c1-15-4-2-3-5-16(15)14-20-17-8-12-21(13-9-17)18-6-10-19-11-7-18/h6-7,10-11,15-17,20H,2-5,8-9,12-14H2,1H3. The van der Waals surface area contributed by atoms with Crippen molar-refractivity contribution in [1.29, 1.82) is 0 Å². The number of rotatable bonds is 4. The Morgan fingerprint density at radius 3 is 2.52 bits per heavy atom. The molecule has 116 valence electrons. The van der Waals surface area contributed by atoms with Crippen molar-refractivity contribution < 1.29 is 0 Å². The Morgan fingerprint density at radius 2 is 1.81 bits per heavy atom. The second kappa shape index (κ2) is 7.26. The summed E-state index contributed by atoms with van der Waals surface area (Å²) < 4.78 is 0. The monoisotopic (exact) mass is 287 g/mol. The van der Waals surface area contributed by atoms with Crippen molar-refractivity contribution in [1.82, 2.24) is 10.3 Å². The SMILES string of the molecule is CC1CCCCC1CNC1CCN(c2ccncc2)CC1. The predicted molar refractivity (Wildman–Crippen MR) is 88.6 cm³/mol. The third-order valence-electron chi connectivity index (χ3n) is 5.48. The van der Waals surface area contributed by atoms with Crippen LogP contribution in [0, 0.1) is 11.8 Å². The summed E-state index contributed by atoms with van der Waals surface area (Å²) in [5, 5.41) is 3.85. The summed E-state index contributed by atoms with van der Waals surface area (Å²) in [5.74, 6) is 1.83. The van der Waals surface area contributed by atoms with Crippen LogP contribution in [-0.4, -0.2) is 30.7 Å². The molecular formula is C18H29N3. The van der Waals surface area contributed by atoms with E-state index in [-0.39, 0.29) is 0 Å². The first-order valence-corrected chi connectivity index (χ1v) is 8.71. The maximum atomic E-state index is 4.10. The molecule has 1 aliphatic carbocycles. The number of pyridine rings is 1. The maximum absolute atomic E-state index is 4.10. The first-order chi connectivity index (χ1) is 10.3. The molecule has 0 bridgehead atoms. The molecule has 2 unspecified atom stereocenters. The Labute approximate surface area is 129 Å².